The number of nitro groups is 1. The van der Waals surface area contributed by atoms with E-state index in [-0.39, 0.29) is 18.0 Å². The van der Waals surface area contributed by atoms with Crippen LogP contribution in [0.5, 0.6) is 0 Å². The van der Waals surface area contributed by atoms with Crippen molar-refractivity contribution in [2.75, 3.05) is 11.9 Å². The Bertz CT molecular complexity index is 1100. The van der Waals surface area contributed by atoms with Gasteiger partial charge in [-0.1, -0.05) is 59.9 Å². The molecule has 30 heavy (non-hydrogen) atoms. The molecule has 1 unspecified atom stereocenters. The first kappa shape index (κ1) is 19.7. The fourth-order valence-corrected chi connectivity index (χ4v) is 4.07. The second kappa shape index (κ2) is 8.05. The second-order valence-electron chi connectivity index (χ2n) is 6.73. The summed E-state index contributed by atoms with van der Waals surface area (Å²) in [4.78, 5) is 24.1. The zero-order chi connectivity index (χ0) is 21.1. The summed E-state index contributed by atoms with van der Waals surface area (Å²) < 4.78 is 0. The molecular weight excluding hydrogens is 404 g/mol. The van der Waals surface area contributed by atoms with E-state index >= 15 is 0 Å². The highest BCUT2D eigenvalue weighted by Gasteiger charge is 2.46. The van der Waals surface area contributed by atoms with Crippen molar-refractivity contribution in [3.05, 3.63) is 93.4 Å². The highest BCUT2D eigenvalue weighted by molar-refractivity contribution is 7.17. The van der Waals surface area contributed by atoms with Gasteiger partial charge in [-0.3, -0.25) is 14.9 Å². The van der Waals surface area contributed by atoms with Gasteiger partial charge >= 0.3 is 5.00 Å². The number of hydrogen-bond acceptors (Lipinski definition) is 7. The van der Waals surface area contributed by atoms with Crippen LogP contribution in [-0.4, -0.2) is 33.2 Å². The zero-order valence-electron chi connectivity index (χ0n) is 15.8. The Hall–Kier alpha value is -3.56. The van der Waals surface area contributed by atoms with Gasteiger partial charge < -0.3 is 10.4 Å². The highest BCUT2D eigenvalue weighted by atomic mass is 32.1. The van der Waals surface area contributed by atoms with E-state index in [1.54, 1.807) is 30.3 Å². The maximum absolute atomic E-state index is 13.0. The molecule has 0 bridgehead atoms. The predicted octanol–water partition coefficient (Wildman–Crippen LogP) is 3.55. The first-order valence-electron chi connectivity index (χ1n) is 9.19. The number of carbonyl (C=O) groups excluding carboxylic acids is 1. The molecule has 9 heteroatoms. The van der Waals surface area contributed by atoms with Crippen molar-refractivity contribution in [2.24, 2.45) is 5.10 Å². The Labute approximate surface area is 176 Å². The Balaban J connectivity index is 1.64. The summed E-state index contributed by atoms with van der Waals surface area (Å²) in [6, 6.07) is 21.0. The number of anilines is 1. The molecule has 0 fully saturated rings. The molecule has 0 saturated heterocycles. The fourth-order valence-electron chi connectivity index (χ4n) is 3.26. The zero-order valence-corrected chi connectivity index (χ0v) is 16.6. The van der Waals surface area contributed by atoms with Gasteiger partial charge in [-0.2, -0.15) is 10.1 Å². The van der Waals surface area contributed by atoms with Gasteiger partial charge in [0, 0.05) is 23.7 Å². The minimum absolute atomic E-state index is 0.0218. The average Bonchev–Trinajstić information content (AvgIpc) is 3.39. The van der Waals surface area contributed by atoms with Crippen LogP contribution in [0.4, 0.5) is 10.7 Å². The maximum atomic E-state index is 13.0. The van der Waals surface area contributed by atoms with Crippen LogP contribution in [0.15, 0.2) is 77.9 Å². The number of para-hydroxylation sites is 1. The third-order valence-electron chi connectivity index (χ3n) is 4.73. The van der Waals surface area contributed by atoms with Crippen molar-refractivity contribution in [3.63, 3.8) is 0 Å². The van der Waals surface area contributed by atoms with Gasteiger partial charge in [-0.15, -0.1) is 0 Å². The summed E-state index contributed by atoms with van der Waals surface area (Å²) in [5.74, 6) is -0.425. The molecule has 8 nitrogen and oxygen atoms in total. The van der Waals surface area contributed by atoms with Crippen molar-refractivity contribution in [1.29, 1.82) is 0 Å². The fraction of sp³-hybridized carbons (Fsp3) is 0.143. The number of nitrogens with zero attached hydrogens (tertiary/aromatic N) is 3. The van der Waals surface area contributed by atoms with Gasteiger partial charge in [-0.25, -0.2) is 0 Å². The van der Waals surface area contributed by atoms with Crippen LogP contribution in [-0.2, 0) is 10.5 Å². The van der Waals surface area contributed by atoms with Gasteiger partial charge in [0.15, 0.2) is 5.72 Å². The summed E-state index contributed by atoms with van der Waals surface area (Å²) in [5.41, 5.74) is 0.0342. The second-order valence-corrected chi connectivity index (χ2v) is 7.79. The van der Waals surface area contributed by atoms with E-state index in [4.69, 9.17) is 0 Å². The lowest BCUT2D eigenvalue weighted by Gasteiger charge is -2.31. The number of carbonyl (C=O) groups is 1. The molecule has 0 radical (unpaired) electrons. The summed E-state index contributed by atoms with van der Waals surface area (Å²) in [6.45, 7) is -0.0689. The van der Waals surface area contributed by atoms with E-state index in [9.17, 15) is 20.0 Å². The Morgan fingerprint density at radius 1 is 1.13 bits per heavy atom. The Morgan fingerprint density at radius 3 is 2.43 bits per heavy atom. The van der Waals surface area contributed by atoms with Gasteiger partial charge in [0.05, 0.1) is 22.1 Å². The van der Waals surface area contributed by atoms with E-state index in [1.165, 1.54) is 6.07 Å². The summed E-state index contributed by atoms with van der Waals surface area (Å²) in [6.07, 6.45) is 0.0335. The molecular formula is C21H18N4O4S. The summed E-state index contributed by atoms with van der Waals surface area (Å²) in [5, 5.41) is 30.9. The van der Waals surface area contributed by atoms with E-state index in [0.717, 1.165) is 22.0 Å². The lowest BCUT2D eigenvalue weighted by atomic mass is 9.97. The smallest absolute Gasteiger partial charge is 0.324 e. The number of hydrazone groups is 1. The molecule has 2 aromatic carbocycles. The van der Waals surface area contributed by atoms with E-state index < -0.39 is 16.6 Å². The van der Waals surface area contributed by atoms with E-state index in [2.05, 4.69) is 10.4 Å². The lowest BCUT2D eigenvalue weighted by Crippen LogP contribution is -2.45. The molecule has 2 N–H and O–H groups in total. The van der Waals surface area contributed by atoms with Gasteiger partial charge in [-0.05, 0) is 18.2 Å². The maximum Gasteiger partial charge on any atom is 0.324 e. The molecule has 1 amide bonds. The van der Waals surface area contributed by atoms with Crippen LogP contribution >= 0.6 is 11.3 Å². The number of hydrogen-bond donors (Lipinski definition) is 2. The number of aliphatic hydroxyl groups is 1. The van der Waals surface area contributed by atoms with Gasteiger partial charge in [0.25, 0.3) is 5.91 Å². The van der Waals surface area contributed by atoms with Crippen molar-refractivity contribution in [2.45, 2.75) is 12.1 Å². The molecule has 1 atom stereocenters. The quantitative estimate of drug-likeness (QED) is 0.467. The van der Waals surface area contributed by atoms with Gasteiger partial charge in [0.2, 0.25) is 0 Å². The van der Waals surface area contributed by atoms with Crippen LogP contribution in [0.3, 0.4) is 0 Å². The molecule has 4 rings (SSSR count). The third kappa shape index (κ3) is 3.80. The van der Waals surface area contributed by atoms with Crippen LogP contribution in [0.2, 0.25) is 0 Å². The summed E-state index contributed by atoms with van der Waals surface area (Å²) in [7, 11) is 0. The van der Waals surface area contributed by atoms with Crippen LogP contribution in [0.1, 0.15) is 16.9 Å². The first-order chi connectivity index (χ1) is 14.5. The molecule has 1 aliphatic rings. The highest BCUT2D eigenvalue weighted by Crippen LogP contribution is 2.39. The third-order valence-corrected chi connectivity index (χ3v) is 5.82. The Morgan fingerprint density at radius 2 is 1.80 bits per heavy atom. The van der Waals surface area contributed by atoms with Crippen LogP contribution < -0.4 is 5.32 Å². The molecule has 1 aliphatic heterocycles. The van der Waals surface area contributed by atoms with Crippen molar-refractivity contribution in [3.8, 4) is 0 Å². The van der Waals surface area contributed by atoms with Gasteiger partial charge in [0.1, 0.15) is 0 Å². The number of rotatable bonds is 6. The lowest BCUT2D eigenvalue weighted by molar-refractivity contribution is -0.380. The van der Waals surface area contributed by atoms with Crippen molar-refractivity contribution in [1.82, 2.24) is 5.01 Å². The van der Waals surface area contributed by atoms with Crippen LogP contribution in [0.25, 0.3) is 0 Å². The van der Waals surface area contributed by atoms with E-state index in [1.807, 2.05) is 36.4 Å². The number of nitrogens with one attached hydrogen (secondary N) is 1. The normalized spacial score (nSPS) is 18.2. The number of benzene rings is 2. The minimum Gasteiger partial charge on any atom is -0.376 e. The van der Waals surface area contributed by atoms with Crippen molar-refractivity contribution >= 4 is 33.6 Å². The molecule has 0 aliphatic carbocycles. The molecule has 3 aromatic rings. The molecule has 0 saturated carbocycles. The standard InChI is InChI=1S/C21H18N4O4S/c26-19(14-22-16-9-5-2-6-10-16)24-21(27,15-7-3-1-4-8-15)13-17(23-24)18-11-12-20(30-18)25(28)29/h1-12,22,27H,13-14H2. The Kier molecular flexibility index (Phi) is 5.30. The average molecular weight is 422 g/mol. The number of thiophene rings is 1. The van der Waals surface area contributed by atoms with Crippen LogP contribution in [0, 0.1) is 10.1 Å². The molecule has 152 valence electrons. The molecule has 2 heterocycles. The van der Waals surface area contributed by atoms with E-state index in [0.29, 0.717) is 16.2 Å². The molecule has 0 spiro atoms. The summed E-state index contributed by atoms with van der Waals surface area (Å²) >= 11 is 0.964. The molecule has 1 aromatic heterocycles. The SMILES string of the molecule is O=C(CNc1ccccc1)N1N=C(c2ccc([N+](=O)[O-])s2)CC1(O)c1ccccc1. The largest absolute Gasteiger partial charge is 0.376 e. The first-order valence-corrected chi connectivity index (χ1v) is 10.0. The monoisotopic (exact) mass is 422 g/mol. The topological polar surface area (TPSA) is 108 Å². The predicted molar refractivity (Wildman–Crippen MR) is 114 cm³/mol. The van der Waals surface area contributed by atoms with Crippen molar-refractivity contribution < 1.29 is 14.8 Å². The minimum atomic E-state index is -1.68. The number of amides is 1.